The van der Waals surface area contributed by atoms with Crippen LogP contribution in [-0.2, 0) is 4.79 Å². The number of H-pyrrole nitrogens is 1. The molecule has 1 aromatic carbocycles. The molecule has 0 radical (unpaired) electrons. The van der Waals surface area contributed by atoms with Gasteiger partial charge >= 0.3 is 0 Å². The van der Waals surface area contributed by atoms with Crippen molar-refractivity contribution >= 4 is 28.5 Å². The van der Waals surface area contributed by atoms with E-state index in [1.165, 1.54) is 22.8 Å². The molecule has 3 aromatic heterocycles. The predicted molar refractivity (Wildman–Crippen MR) is 123 cm³/mol. The van der Waals surface area contributed by atoms with Gasteiger partial charge in [0.25, 0.3) is 0 Å². The zero-order valence-corrected chi connectivity index (χ0v) is 18.0. The number of pyridine rings is 1. The minimum absolute atomic E-state index is 0.348. The second-order valence-corrected chi connectivity index (χ2v) is 8.83. The molecule has 0 unspecified atom stereocenters. The first-order valence-electron chi connectivity index (χ1n) is 11.0. The molecule has 0 amide bonds. The molecule has 160 valence electrons. The van der Waals surface area contributed by atoms with Crippen molar-refractivity contribution in [3.63, 3.8) is 0 Å². The van der Waals surface area contributed by atoms with Crippen LogP contribution in [0.3, 0.4) is 0 Å². The average Bonchev–Trinajstić information content (AvgIpc) is 3.39. The van der Waals surface area contributed by atoms with Crippen LogP contribution >= 0.6 is 0 Å². The van der Waals surface area contributed by atoms with Crippen molar-refractivity contribution in [2.75, 3.05) is 25.4 Å². The minimum Gasteiger partial charge on any atom is -0.396 e. The maximum atomic E-state index is 10.8. The van der Waals surface area contributed by atoms with Crippen molar-refractivity contribution in [2.24, 2.45) is 0 Å². The third-order valence-corrected chi connectivity index (χ3v) is 6.52. The standard InChI is InChI=1S/C24H28N6O/c1-15(2)22-19-11-17(16-5-7-29(8-6-16)9-10-31)3-4-21(19)28-23(22)18-12-20(25)24-26-14-27-30(24)13-18/h3-4,10-16,28H,5-9,25H2,1-2H3. The van der Waals surface area contributed by atoms with E-state index in [9.17, 15) is 4.79 Å². The monoisotopic (exact) mass is 416 g/mol. The lowest BCUT2D eigenvalue weighted by atomic mass is 9.87. The number of benzene rings is 1. The summed E-state index contributed by atoms with van der Waals surface area (Å²) < 4.78 is 1.73. The summed E-state index contributed by atoms with van der Waals surface area (Å²) >= 11 is 0. The number of aromatic nitrogens is 4. The third-order valence-electron chi connectivity index (χ3n) is 6.52. The van der Waals surface area contributed by atoms with Gasteiger partial charge in [-0.15, -0.1) is 0 Å². The normalized spacial score (nSPS) is 16.0. The van der Waals surface area contributed by atoms with Crippen molar-refractivity contribution < 1.29 is 4.79 Å². The topological polar surface area (TPSA) is 92.3 Å². The molecule has 1 aliphatic heterocycles. The van der Waals surface area contributed by atoms with Gasteiger partial charge in [-0.3, -0.25) is 4.90 Å². The molecule has 1 saturated heterocycles. The number of anilines is 1. The number of hydrogen-bond acceptors (Lipinski definition) is 5. The third kappa shape index (κ3) is 3.49. The second-order valence-electron chi connectivity index (χ2n) is 8.83. The van der Waals surface area contributed by atoms with E-state index < -0.39 is 0 Å². The summed E-state index contributed by atoms with van der Waals surface area (Å²) in [5.74, 6) is 0.883. The number of hydrogen-bond donors (Lipinski definition) is 2. The second kappa shape index (κ2) is 7.81. The highest BCUT2D eigenvalue weighted by Crippen LogP contribution is 2.38. The van der Waals surface area contributed by atoms with Crippen molar-refractivity contribution in [1.29, 1.82) is 0 Å². The molecule has 0 bridgehead atoms. The van der Waals surface area contributed by atoms with Crippen LogP contribution in [0, 0.1) is 0 Å². The highest BCUT2D eigenvalue weighted by atomic mass is 16.1. The molecule has 0 spiro atoms. The quantitative estimate of drug-likeness (QED) is 0.481. The van der Waals surface area contributed by atoms with Crippen molar-refractivity contribution in [2.45, 2.75) is 38.5 Å². The van der Waals surface area contributed by atoms with E-state index in [4.69, 9.17) is 5.73 Å². The summed E-state index contributed by atoms with van der Waals surface area (Å²) in [5, 5.41) is 5.55. The van der Waals surface area contributed by atoms with Gasteiger partial charge in [-0.05, 0) is 67.1 Å². The summed E-state index contributed by atoms with van der Waals surface area (Å²) in [4.78, 5) is 20.9. The summed E-state index contributed by atoms with van der Waals surface area (Å²) in [7, 11) is 0. The molecule has 1 fully saturated rings. The highest BCUT2D eigenvalue weighted by Gasteiger charge is 2.23. The van der Waals surface area contributed by atoms with E-state index in [1.807, 2.05) is 12.3 Å². The molecule has 5 rings (SSSR count). The Balaban J connectivity index is 1.56. The van der Waals surface area contributed by atoms with Crippen LogP contribution in [0.2, 0.25) is 0 Å². The number of carbonyl (C=O) groups excluding carboxylic acids is 1. The van der Waals surface area contributed by atoms with Gasteiger partial charge < -0.3 is 15.5 Å². The number of carbonyl (C=O) groups is 1. The number of rotatable bonds is 5. The van der Waals surface area contributed by atoms with E-state index in [2.05, 4.69) is 52.0 Å². The number of likely N-dealkylation sites (tertiary alicyclic amines) is 1. The zero-order chi connectivity index (χ0) is 21.5. The van der Waals surface area contributed by atoms with Crippen molar-refractivity contribution in [1.82, 2.24) is 24.5 Å². The molecule has 0 atom stereocenters. The lowest BCUT2D eigenvalue weighted by molar-refractivity contribution is -0.109. The van der Waals surface area contributed by atoms with Gasteiger partial charge in [0, 0.05) is 22.7 Å². The molecule has 4 heterocycles. The molecular formula is C24H28N6O. The summed E-state index contributed by atoms with van der Waals surface area (Å²) in [6, 6.07) is 8.79. The van der Waals surface area contributed by atoms with Gasteiger partial charge in [-0.25, -0.2) is 9.50 Å². The molecule has 31 heavy (non-hydrogen) atoms. The maximum absolute atomic E-state index is 10.8. The summed E-state index contributed by atoms with van der Waals surface area (Å²) in [6.45, 7) is 6.97. The number of nitrogens with one attached hydrogen (secondary N) is 1. The maximum Gasteiger partial charge on any atom is 0.178 e. The molecule has 3 N–H and O–H groups in total. The fourth-order valence-electron chi connectivity index (χ4n) is 4.96. The number of nitrogen functional groups attached to an aromatic ring is 1. The Hall–Kier alpha value is -3.19. The minimum atomic E-state index is 0.348. The van der Waals surface area contributed by atoms with Crippen molar-refractivity contribution in [3.05, 3.63) is 47.9 Å². The van der Waals surface area contributed by atoms with Crippen LogP contribution in [0.5, 0.6) is 0 Å². The van der Waals surface area contributed by atoms with Gasteiger partial charge in [-0.1, -0.05) is 19.9 Å². The molecule has 1 aliphatic rings. The average molecular weight is 417 g/mol. The lowest BCUT2D eigenvalue weighted by Gasteiger charge is -2.30. The van der Waals surface area contributed by atoms with E-state index in [-0.39, 0.29) is 0 Å². The van der Waals surface area contributed by atoms with E-state index in [0.717, 1.165) is 49.0 Å². The van der Waals surface area contributed by atoms with Gasteiger partial charge in [-0.2, -0.15) is 5.10 Å². The SMILES string of the molecule is CC(C)c1c(-c2cc(N)c3ncnn3c2)[nH]c2ccc(C3CCN(CC=O)CC3)cc12. The smallest absolute Gasteiger partial charge is 0.178 e. The van der Waals surface area contributed by atoms with E-state index in [1.54, 1.807) is 4.52 Å². The molecule has 0 aliphatic carbocycles. The number of fused-ring (bicyclic) bond motifs is 2. The summed E-state index contributed by atoms with van der Waals surface area (Å²) in [5.41, 5.74) is 13.5. The van der Waals surface area contributed by atoms with Crippen LogP contribution < -0.4 is 5.73 Å². The van der Waals surface area contributed by atoms with Crippen LogP contribution in [0.4, 0.5) is 5.69 Å². The van der Waals surface area contributed by atoms with Gasteiger partial charge in [0.1, 0.15) is 12.6 Å². The Morgan fingerprint density at radius 2 is 2.06 bits per heavy atom. The predicted octanol–water partition coefficient (Wildman–Crippen LogP) is 3.96. The number of aromatic amines is 1. The number of nitrogens with zero attached hydrogens (tertiary/aromatic N) is 4. The Morgan fingerprint density at radius 1 is 1.26 bits per heavy atom. The molecule has 4 aromatic rings. The lowest BCUT2D eigenvalue weighted by Crippen LogP contribution is -2.34. The fraction of sp³-hybridized carbons (Fsp3) is 0.375. The van der Waals surface area contributed by atoms with E-state index >= 15 is 0 Å². The largest absolute Gasteiger partial charge is 0.396 e. The van der Waals surface area contributed by atoms with Crippen molar-refractivity contribution in [3.8, 4) is 11.3 Å². The molecule has 7 nitrogen and oxygen atoms in total. The molecule has 7 heteroatoms. The first-order chi connectivity index (χ1) is 15.0. The highest BCUT2D eigenvalue weighted by molar-refractivity contribution is 5.92. The number of piperidine rings is 1. The van der Waals surface area contributed by atoms with Crippen LogP contribution in [-0.4, -0.2) is 50.4 Å². The van der Waals surface area contributed by atoms with Gasteiger partial charge in [0.05, 0.1) is 17.9 Å². The zero-order valence-electron chi connectivity index (χ0n) is 18.0. The van der Waals surface area contributed by atoms with Crippen LogP contribution in [0.15, 0.2) is 36.8 Å². The number of nitrogens with two attached hydrogens (primary N) is 1. The first-order valence-corrected chi connectivity index (χ1v) is 11.0. The Kier molecular flexibility index (Phi) is 4.98. The number of aldehydes is 1. The van der Waals surface area contributed by atoms with Gasteiger partial charge in [0.2, 0.25) is 0 Å². The van der Waals surface area contributed by atoms with E-state index in [0.29, 0.717) is 29.7 Å². The van der Waals surface area contributed by atoms with Crippen LogP contribution in [0.1, 0.15) is 49.7 Å². The van der Waals surface area contributed by atoms with Crippen LogP contribution in [0.25, 0.3) is 27.8 Å². The fourth-order valence-corrected chi connectivity index (χ4v) is 4.96. The Morgan fingerprint density at radius 3 is 2.81 bits per heavy atom. The molecule has 0 saturated carbocycles. The summed E-state index contributed by atoms with van der Waals surface area (Å²) in [6.07, 6.45) is 6.70. The first kappa shape index (κ1) is 19.8. The Bertz CT molecular complexity index is 1250. The Labute approximate surface area is 181 Å². The molecular weight excluding hydrogens is 388 g/mol. The van der Waals surface area contributed by atoms with Gasteiger partial charge in [0.15, 0.2) is 5.65 Å².